The van der Waals surface area contributed by atoms with Crippen molar-refractivity contribution in [1.29, 1.82) is 0 Å². The van der Waals surface area contributed by atoms with E-state index in [9.17, 15) is 18.8 Å². The van der Waals surface area contributed by atoms with E-state index in [2.05, 4.69) is 0 Å². The Balaban J connectivity index is 1.65. The van der Waals surface area contributed by atoms with Gasteiger partial charge in [0.2, 0.25) is 11.8 Å². The zero-order valence-electron chi connectivity index (χ0n) is 15.4. The summed E-state index contributed by atoms with van der Waals surface area (Å²) in [7, 11) is 0. The second-order valence-corrected chi connectivity index (χ2v) is 7.96. The molecule has 5 nitrogen and oxygen atoms in total. The molecule has 0 radical (unpaired) electrons. The van der Waals surface area contributed by atoms with Crippen LogP contribution in [0.25, 0.3) is 6.08 Å². The van der Waals surface area contributed by atoms with Gasteiger partial charge in [-0.15, -0.1) is 0 Å². The maximum atomic E-state index is 13.6. The van der Waals surface area contributed by atoms with Crippen molar-refractivity contribution in [3.63, 3.8) is 0 Å². The van der Waals surface area contributed by atoms with Crippen molar-refractivity contribution in [3.8, 4) is 0 Å². The van der Waals surface area contributed by atoms with E-state index in [1.807, 2.05) is 35.2 Å². The van der Waals surface area contributed by atoms with Crippen LogP contribution in [0.2, 0.25) is 5.02 Å². The lowest BCUT2D eigenvalue weighted by molar-refractivity contribution is -0.129. The quantitative estimate of drug-likeness (QED) is 0.710. The Hall–Kier alpha value is -2.99. The molecule has 0 saturated carbocycles. The Bertz CT molecular complexity index is 1110. The maximum Gasteiger partial charge on any atom is 0.240 e. The second kappa shape index (κ2) is 6.26. The smallest absolute Gasteiger partial charge is 0.240 e. The molecular formula is C22H16ClFN2O3. The molecule has 2 aromatic rings. The number of rotatable bonds is 2. The minimum absolute atomic E-state index is 0.171. The molecule has 3 aliphatic heterocycles. The van der Waals surface area contributed by atoms with Crippen LogP contribution in [0.4, 0.5) is 10.1 Å². The molecule has 0 aromatic heterocycles. The molecule has 3 heterocycles. The van der Waals surface area contributed by atoms with E-state index in [-0.39, 0.29) is 16.5 Å². The standard InChI is InChI=1S/C22H16ClFN2O3/c1-11(27)19-17-18(20-14-5-3-2-4-12(14)8-9-25(19)20)22(29)26(21(17)28)13-6-7-16(24)15(23)10-13/h2-10,17-20H,1H3/t17-,18-,19-,20-/m1/s1. The number of nitrogens with zero attached hydrogens (tertiary/aromatic N) is 2. The van der Waals surface area contributed by atoms with E-state index < -0.39 is 41.6 Å². The van der Waals surface area contributed by atoms with Crippen molar-refractivity contribution in [2.75, 3.05) is 4.90 Å². The molecule has 2 fully saturated rings. The van der Waals surface area contributed by atoms with E-state index in [1.54, 1.807) is 6.20 Å². The Morgan fingerprint density at radius 2 is 1.79 bits per heavy atom. The average Bonchev–Trinajstić information content (AvgIpc) is 3.17. The number of amides is 2. The molecule has 0 N–H and O–H groups in total. The fourth-order valence-corrected chi connectivity index (χ4v) is 5.07. The molecule has 2 saturated heterocycles. The average molecular weight is 411 g/mol. The van der Waals surface area contributed by atoms with Gasteiger partial charge in [-0.2, -0.15) is 0 Å². The van der Waals surface area contributed by atoms with E-state index in [0.29, 0.717) is 0 Å². The molecule has 3 aliphatic rings. The first-order valence-corrected chi connectivity index (χ1v) is 9.66. The number of halogens is 2. The van der Waals surface area contributed by atoms with Gasteiger partial charge < -0.3 is 4.90 Å². The lowest BCUT2D eigenvalue weighted by Gasteiger charge is -2.34. The highest BCUT2D eigenvalue weighted by molar-refractivity contribution is 6.31. The predicted octanol–water partition coefficient (Wildman–Crippen LogP) is 3.58. The van der Waals surface area contributed by atoms with Crippen LogP contribution in [0.5, 0.6) is 0 Å². The number of hydrogen-bond acceptors (Lipinski definition) is 4. The largest absolute Gasteiger partial charge is 0.359 e. The normalized spacial score (nSPS) is 27.1. The van der Waals surface area contributed by atoms with Crippen LogP contribution in [0.3, 0.4) is 0 Å². The summed E-state index contributed by atoms with van der Waals surface area (Å²) in [6.45, 7) is 1.44. The first kappa shape index (κ1) is 18.1. The molecule has 0 spiro atoms. The first-order valence-electron chi connectivity index (χ1n) is 9.28. The molecule has 29 heavy (non-hydrogen) atoms. The lowest BCUT2D eigenvalue weighted by atomic mass is 9.84. The highest BCUT2D eigenvalue weighted by atomic mass is 35.5. The van der Waals surface area contributed by atoms with Gasteiger partial charge in [0.15, 0.2) is 5.78 Å². The van der Waals surface area contributed by atoms with E-state index >= 15 is 0 Å². The van der Waals surface area contributed by atoms with Gasteiger partial charge in [0.1, 0.15) is 5.82 Å². The van der Waals surface area contributed by atoms with Crippen LogP contribution in [0, 0.1) is 17.7 Å². The predicted molar refractivity (Wildman–Crippen MR) is 105 cm³/mol. The summed E-state index contributed by atoms with van der Waals surface area (Å²) in [5, 5.41) is -0.171. The molecule has 2 aromatic carbocycles. The van der Waals surface area contributed by atoms with Crippen molar-refractivity contribution in [2.24, 2.45) is 11.8 Å². The van der Waals surface area contributed by atoms with Gasteiger partial charge in [-0.1, -0.05) is 35.9 Å². The third-order valence-electron chi connectivity index (χ3n) is 6.04. The number of fused-ring (bicyclic) bond motifs is 5. The number of carbonyl (C=O) groups excluding carboxylic acids is 3. The minimum Gasteiger partial charge on any atom is -0.359 e. The van der Waals surface area contributed by atoms with Gasteiger partial charge in [-0.05, 0) is 42.3 Å². The molecule has 4 atom stereocenters. The second-order valence-electron chi connectivity index (χ2n) is 7.55. The van der Waals surface area contributed by atoms with Gasteiger partial charge in [-0.25, -0.2) is 9.29 Å². The summed E-state index contributed by atoms with van der Waals surface area (Å²) in [5.74, 6) is -3.16. The molecule has 146 valence electrons. The summed E-state index contributed by atoms with van der Waals surface area (Å²) < 4.78 is 13.6. The summed E-state index contributed by atoms with van der Waals surface area (Å²) in [6, 6.07) is 10.3. The molecular weight excluding hydrogens is 395 g/mol. The first-order chi connectivity index (χ1) is 13.9. The van der Waals surface area contributed by atoms with E-state index in [0.717, 1.165) is 22.1 Å². The van der Waals surface area contributed by atoms with Gasteiger partial charge in [0, 0.05) is 6.20 Å². The fraction of sp³-hybridized carbons (Fsp3) is 0.227. The van der Waals surface area contributed by atoms with Crippen molar-refractivity contribution in [1.82, 2.24) is 4.90 Å². The Kier molecular flexibility index (Phi) is 3.90. The number of benzene rings is 2. The number of anilines is 1. The third-order valence-corrected chi connectivity index (χ3v) is 6.33. The molecule has 2 amide bonds. The van der Waals surface area contributed by atoms with Gasteiger partial charge in [-0.3, -0.25) is 14.4 Å². The Morgan fingerprint density at radius 1 is 1.07 bits per heavy atom. The summed E-state index contributed by atoms with van der Waals surface area (Å²) >= 11 is 5.87. The minimum atomic E-state index is -0.801. The molecule has 0 aliphatic carbocycles. The monoisotopic (exact) mass is 410 g/mol. The molecule has 0 bridgehead atoms. The topological polar surface area (TPSA) is 57.7 Å². The van der Waals surface area contributed by atoms with Crippen LogP contribution in [-0.4, -0.2) is 28.5 Å². The van der Waals surface area contributed by atoms with Crippen LogP contribution < -0.4 is 4.90 Å². The van der Waals surface area contributed by atoms with Crippen LogP contribution in [-0.2, 0) is 14.4 Å². The molecule has 5 rings (SSSR count). The van der Waals surface area contributed by atoms with Crippen LogP contribution in [0.15, 0.2) is 48.7 Å². The molecule has 7 heteroatoms. The Morgan fingerprint density at radius 3 is 2.52 bits per heavy atom. The van der Waals surface area contributed by atoms with Gasteiger partial charge in [0.25, 0.3) is 0 Å². The molecule has 0 unspecified atom stereocenters. The summed E-state index contributed by atoms with van der Waals surface area (Å²) in [4.78, 5) is 42.2. The van der Waals surface area contributed by atoms with Crippen molar-refractivity contribution >= 4 is 41.0 Å². The number of imide groups is 1. The van der Waals surface area contributed by atoms with Crippen molar-refractivity contribution < 1.29 is 18.8 Å². The maximum absolute atomic E-state index is 13.6. The number of hydrogen-bond donors (Lipinski definition) is 0. The fourth-order valence-electron chi connectivity index (χ4n) is 4.90. The summed E-state index contributed by atoms with van der Waals surface area (Å²) in [6.07, 6.45) is 3.70. The summed E-state index contributed by atoms with van der Waals surface area (Å²) in [5.41, 5.74) is 2.09. The third kappa shape index (κ3) is 2.42. The van der Waals surface area contributed by atoms with Crippen molar-refractivity contribution in [3.05, 3.63) is 70.6 Å². The number of Topliss-reactive ketones (excluding diaryl/α,β-unsaturated/α-hetero) is 1. The SMILES string of the molecule is CC(=O)[C@@H]1[C@@H]2C(=O)N(c3ccc(F)c(Cl)c3)C(=O)[C@H]2[C@H]2c3ccccc3C=CN12. The zero-order chi connectivity index (χ0) is 20.4. The van der Waals surface area contributed by atoms with Crippen LogP contribution >= 0.6 is 11.6 Å². The van der Waals surface area contributed by atoms with Gasteiger partial charge >= 0.3 is 0 Å². The van der Waals surface area contributed by atoms with Crippen LogP contribution in [0.1, 0.15) is 24.1 Å². The number of carbonyl (C=O) groups is 3. The number of ketones is 1. The zero-order valence-corrected chi connectivity index (χ0v) is 16.1. The van der Waals surface area contributed by atoms with E-state index in [4.69, 9.17) is 11.6 Å². The van der Waals surface area contributed by atoms with Gasteiger partial charge in [0.05, 0.1) is 34.6 Å². The highest BCUT2D eigenvalue weighted by Crippen LogP contribution is 2.53. The highest BCUT2D eigenvalue weighted by Gasteiger charge is 2.63. The van der Waals surface area contributed by atoms with Crippen molar-refractivity contribution in [2.45, 2.75) is 19.0 Å². The lowest BCUT2D eigenvalue weighted by Crippen LogP contribution is -2.43. The van der Waals surface area contributed by atoms with E-state index in [1.165, 1.54) is 19.1 Å². The Labute approximate surface area is 171 Å².